The summed E-state index contributed by atoms with van der Waals surface area (Å²) in [6.07, 6.45) is 0. The van der Waals surface area contributed by atoms with Crippen LogP contribution < -0.4 is 0 Å². The molecule has 8 aromatic carbocycles. The minimum absolute atomic E-state index is 0.0829. The average Bonchev–Trinajstić information content (AvgIpc) is 3.69. The molecule has 0 atom stereocenters. The van der Waals surface area contributed by atoms with E-state index < -0.39 is 5.41 Å². The minimum Gasteiger partial charge on any atom is -0.208 e. The molecular formula is C53H37N3. The maximum absolute atomic E-state index is 5.29. The van der Waals surface area contributed by atoms with E-state index in [4.69, 9.17) is 15.0 Å². The molecule has 0 saturated carbocycles. The topological polar surface area (TPSA) is 38.7 Å². The van der Waals surface area contributed by atoms with Crippen molar-refractivity contribution >= 4 is 10.8 Å². The van der Waals surface area contributed by atoms with E-state index in [0.717, 1.165) is 22.1 Å². The van der Waals surface area contributed by atoms with E-state index in [2.05, 4.69) is 202 Å². The van der Waals surface area contributed by atoms with Crippen molar-refractivity contribution in [1.82, 2.24) is 15.0 Å². The summed E-state index contributed by atoms with van der Waals surface area (Å²) in [7, 11) is 0. The first-order chi connectivity index (χ1) is 27.5. The zero-order valence-electron chi connectivity index (χ0n) is 31.2. The van der Waals surface area contributed by atoms with Crippen LogP contribution in [0.5, 0.6) is 0 Å². The molecule has 3 nitrogen and oxygen atoms in total. The molecule has 0 aliphatic heterocycles. The maximum atomic E-state index is 5.29. The molecule has 1 heterocycles. The fourth-order valence-corrected chi connectivity index (χ4v) is 9.54. The van der Waals surface area contributed by atoms with Gasteiger partial charge in [-0.05, 0) is 84.6 Å². The third-order valence-corrected chi connectivity index (χ3v) is 12.2. The molecule has 11 rings (SSSR count). The van der Waals surface area contributed by atoms with Crippen LogP contribution in [0.25, 0.3) is 67.2 Å². The molecule has 3 heteroatoms. The molecule has 0 amide bonds. The van der Waals surface area contributed by atoms with Gasteiger partial charge in [0.25, 0.3) is 0 Å². The molecule has 0 N–H and O–H groups in total. The molecule has 56 heavy (non-hydrogen) atoms. The standard InChI is InChI=1S/C53H37N3/c1-52(2)45-23-13-11-21-41(45)43-32-37(27-29-46(43)52)50-54-49(36-26-25-34-15-9-10-16-35(34)31-36)55-51(56-50)38-28-30-48-44(33-38)42-22-12-14-24-47(42)53(48,39-17-5-3-6-18-39)40-19-7-4-8-20-40/h3-33H,1-2H3. The summed E-state index contributed by atoms with van der Waals surface area (Å²) in [5, 5.41) is 2.33. The molecule has 2 aliphatic rings. The largest absolute Gasteiger partial charge is 0.208 e. The van der Waals surface area contributed by atoms with Gasteiger partial charge >= 0.3 is 0 Å². The molecule has 9 aromatic rings. The van der Waals surface area contributed by atoms with Crippen LogP contribution in [-0.4, -0.2) is 15.0 Å². The normalized spacial score (nSPS) is 14.2. The first kappa shape index (κ1) is 32.5. The second-order valence-electron chi connectivity index (χ2n) is 15.6. The van der Waals surface area contributed by atoms with Crippen molar-refractivity contribution in [3.8, 4) is 56.4 Å². The Bertz CT molecular complexity index is 2960. The predicted molar refractivity (Wildman–Crippen MR) is 229 cm³/mol. The van der Waals surface area contributed by atoms with Crippen LogP contribution in [0, 0.1) is 0 Å². The molecule has 1 aromatic heterocycles. The van der Waals surface area contributed by atoms with Crippen LogP contribution in [0.2, 0.25) is 0 Å². The van der Waals surface area contributed by atoms with E-state index in [1.165, 1.54) is 61.0 Å². The highest BCUT2D eigenvalue weighted by Gasteiger charge is 2.46. The van der Waals surface area contributed by atoms with Gasteiger partial charge in [-0.2, -0.15) is 0 Å². The van der Waals surface area contributed by atoms with E-state index in [1.54, 1.807) is 0 Å². The highest BCUT2D eigenvalue weighted by molar-refractivity contribution is 5.90. The third kappa shape index (κ3) is 4.74. The lowest BCUT2D eigenvalue weighted by Crippen LogP contribution is -2.28. The second kappa shape index (κ2) is 12.3. The summed E-state index contributed by atoms with van der Waals surface area (Å²) in [5.74, 6) is 1.96. The lowest BCUT2D eigenvalue weighted by Gasteiger charge is -2.33. The Morgan fingerprint density at radius 1 is 0.321 bits per heavy atom. The predicted octanol–water partition coefficient (Wildman–Crippen LogP) is 12.7. The average molecular weight is 716 g/mol. The molecular weight excluding hydrogens is 679 g/mol. The Morgan fingerprint density at radius 3 is 1.36 bits per heavy atom. The summed E-state index contributed by atoms with van der Waals surface area (Å²) in [6.45, 7) is 4.62. The van der Waals surface area contributed by atoms with Crippen molar-refractivity contribution in [2.75, 3.05) is 0 Å². The number of benzene rings is 8. The van der Waals surface area contributed by atoms with E-state index in [1.807, 2.05) is 0 Å². The Morgan fingerprint density at radius 2 is 0.732 bits per heavy atom. The fourth-order valence-electron chi connectivity index (χ4n) is 9.54. The Hall–Kier alpha value is -6.97. The second-order valence-corrected chi connectivity index (χ2v) is 15.6. The van der Waals surface area contributed by atoms with Gasteiger partial charge in [-0.25, -0.2) is 15.0 Å². The molecule has 0 spiro atoms. The zero-order chi connectivity index (χ0) is 37.4. The summed E-state index contributed by atoms with van der Waals surface area (Å²) in [5.41, 5.74) is 14.9. The smallest absolute Gasteiger partial charge is 0.164 e. The van der Waals surface area contributed by atoms with Gasteiger partial charge in [0.2, 0.25) is 0 Å². The summed E-state index contributed by atoms with van der Waals surface area (Å²) in [4.78, 5) is 15.8. The third-order valence-electron chi connectivity index (χ3n) is 12.2. The summed E-state index contributed by atoms with van der Waals surface area (Å²) >= 11 is 0. The van der Waals surface area contributed by atoms with Crippen LogP contribution in [0.4, 0.5) is 0 Å². The van der Waals surface area contributed by atoms with Crippen molar-refractivity contribution in [3.63, 3.8) is 0 Å². The number of rotatable bonds is 5. The molecule has 0 fully saturated rings. The van der Waals surface area contributed by atoms with E-state index >= 15 is 0 Å². The SMILES string of the molecule is CC1(C)c2ccccc2-c2cc(-c3nc(-c4ccc5c(c4)-c4ccccc4C5(c4ccccc4)c4ccccc4)nc(-c4ccc5ccccc5c4)n3)ccc21. The lowest BCUT2D eigenvalue weighted by molar-refractivity contribution is 0.660. The molecule has 2 aliphatic carbocycles. The van der Waals surface area contributed by atoms with Gasteiger partial charge in [0.1, 0.15) is 0 Å². The number of hydrogen-bond donors (Lipinski definition) is 0. The highest BCUT2D eigenvalue weighted by atomic mass is 15.0. The Balaban J connectivity index is 1.13. The summed E-state index contributed by atoms with van der Waals surface area (Å²) in [6, 6.07) is 67.9. The minimum atomic E-state index is -0.470. The van der Waals surface area contributed by atoms with Gasteiger partial charge in [0, 0.05) is 22.1 Å². The number of hydrogen-bond acceptors (Lipinski definition) is 3. The highest BCUT2D eigenvalue weighted by Crippen LogP contribution is 2.56. The van der Waals surface area contributed by atoms with Crippen molar-refractivity contribution in [1.29, 1.82) is 0 Å². The van der Waals surface area contributed by atoms with Crippen molar-refractivity contribution < 1.29 is 0 Å². The molecule has 0 bridgehead atoms. The van der Waals surface area contributed by atoms with Crippen molar-refractivity contribution in [3.05, 3.63) is 221 Å². The van der Waals surface area contributed by atoms with Gasteiger partial charge < -0.3 is 0 Å². The zero-order valence-corrected chi connectivity index (χ0v) is 31.2. The lowest BCUT2D eigenvalue weighted by atomic mass is 9.67. The van der Waals surface area contributed by atoms with Crippen LogP contribution >= 0.6 is 0 Å². The van der Waals surface area contributed by atoms with E-state index in [-0.39, 0.29) is 5.41 Å². The molecule has 0 saturated heterocycles. The van der Waals surface area contributed by atoms with Gasteiger partial charge in [0.15, 0.2) is 17.5 Å². The number of fused-ring (bicyclic) bond motifs is 7. The Labute approximate surface area is 327 Å². The van der Waals surface area contributed by atoms with Gasteiger partial charge in [-0.3, -0.25) is 0 Å². The first-order valence-electron chi connectivity index (χ1n) is 19.4. The van der Waals surface area contributed by atoms with Crippen molar-refractivity contribution in [2.24, 2.45) is 0 Å². The fraction of sp³-hybridized carbons (Fsp3) is 0.0755. The first-order valence-corrected chi connectivity index (χ1v) is 19.4. The van der Waals surface area contributed by atoms with E-state index in [9.17, 15) is 0 Å². The van der Waals surface area contributed by atoms with E-state index in [0.29, 0.717) is 17.5 Å². The summed E-state index contributed by atoms with van der Waals surface area (Å²) < 4.78 is 0. The van der Waals surface area contributed by atoms with Gasteiger partial charge in [-0.15, -0.1) is 0 Å². The quantitative estimate of drug-likeness (QED) is 0.178. The number of aromatic nitrogens is 3. The van der Waals surface area contributed by atoms with Crippen LogP contribution in [0.15, 0.2) is 188 Å². The van der Waals surface area contributed by atoms with Crippen LogP contribution in [-0.2, 0) is 10.8 Å². The monoisotopic (exact) mass is 715 g/mol. The van der Waals surface area contributed by atoms with Crippen molar-refractivity contribution in [2.45, 2.75) is 24.7 Å². The number of nitrogens with zero attached hydrogens (tertiary/aromatic N) is 3. The van der Waals surface area contributed by atoms with Gasteiger partial charge in [-0.1, -0.05) is 184 Å². The maximum Gasteiger partial charge on any atom is 0.164 e. The molecule has 264 valence electrons. The van der Waals surface area contributed by atoms with Gasteiger partial charge in [0.05, 0.1) is 5.41 Å². The van der Waals surface area contributed by atoms with Crippen LogP contribution in [0.1, 0.15) is 47.2 Å². The molecule has 0 unspecified atom stereocenters. The van der Waals surface area contributed by atoms with Crippen LogP contribution in [0.3, 0.4) is 0 Å². The Kier molecular flexibility index (Phi) is 7.11. The molecule has 0 radical (unpaired) electrons.